The van der Waals surface area contributed by atoms with E-state index in [-0.39, 0.29) is 24.2 Å². The molecule has 33 heavy (non-hydrogen) atoms. The summed E-state index contributed by atoms with van der Waals surface area (Å²) < 4.78 is 10.9. The fourth-order valence-electron chi connectivity index (χ4n) is 2.77. The predicted octanol–water partition coefficient (Wildman–Crippen LogP) is 4.30. The summed E-state index contributed by atoms with van der Waals surface area (Å²) in [6.45, 7) is 8.19. The molecule has 1 heterocycles. The Balaban J connectivity index is 1.42. The topological polar surface area (TPSA) is 106 Å². The number of amides is 2. The number of aryl methyl sites for hydroxylation is 2. The van der Waals surface area contributed by atoms with Crippen molar-refractivity contribution in [2.24, 2.45) is 0 Å². The van der Waals surface area contributed by atoms with E-state index in [1.807, 2.05) is 39.8 Å². The van der Waals surface area contributed by atoms with Gasteiger partial charge in [-0.3, -0.25) is 20.4 Å². The summed E-state index contributed by atoms with van der Waals surface area (Å²) >= 11 is 6.02. The molecule has 0 bridgehead atoms. The number of halogens is 1. The number of nitrogens with zero attached hydrogens (tertiary/aromatic N) is 2. The molecule has 0 aliphatic heterocycles. The van der Waals surface area contributed by atoms with Gasteiger partial charge < -0.3 is 9.26 Å². The summed E-state index contributed by atoms with van der Waals surface area (Å²) in [5, 5.41) is 4.61. The lowest BCUT2D eigenvalue weighted by molar-refractivity contribution is -0.121. The van der Waals surface area contributed by atoms with Crippen LogP contribution in [0.1, 0.15) is 60.4 Å². The minimum Gasteiger partial charge on any atom is -0.489 e. The first kappa shape index (κ1) is 24.3. The van der Waals surface area contributed by atoms with Crippen molar-refractivity contribution in [1.29, 1.82) is 0 Å². The molecule has 0 atom stereocenters. The molecule has 8 nitrogen and oxygen atoms in total. The standard InChI is InChI=1S/C24H27ClN4O4/c1-15-13-18(9-10-19(15)25)32-14-16-5-7-17(8-6-16)22(31)28-27-20(30)11-12-21-26-23(29-33-21)24(2,3)4/h5-10,13H,11-12,14H2,1-4H3,(H,27,30)(H,28,31). The number of benzene rings is 2. The third-order valence-electron chi connectivity index (χ3n) is 4.77. The van der Waals surface area contributed by atoms with E-state index in [1.165, 1.54) is 0 Å². The molecule has 174 valence electrons. The summed E-state index contributed by atoms with van der Waals surface area (Å²) in [6.07, 6.45) is 0.388. The zero-order chi connectivity index (χ0) is 24.0. The molecule has 2 aromatic carbocycles. The van der Waals surface area contributed by atoms with Crippen molar-refractivity contribution in [1.82, 2.24) is 21.0 Å². The van der Waals surface area contributed by atoms with E-state index in [4.69, 9.17) is 20.9 Å². The molecule has 0 aliphatic carbocycles. The highest BCUT2D eigenvalue weighted by molar-refractivity contribution is 6.31. The van der Waals surface area contributed by atoms with Gasteiger partial charge in [-0.1, -0.05) is 49.7 Å². The largest absolute Gasteiger partial charge is 0.489 e. The Hall–Kier alpha value is -3.39. The molecule has 3 rings (SSSR count). The Labute approximate surface area is 197 Å². The van der Waals surface area contributed by atoms with Crippen LogP contribution in [0.25, 0.3) is 0 Å². The normalized spacial score (nSPS) is 11.2. The highest BCUT2D eigenvalue weighted by Gasteiger charge is 2.21. The molecular weight excluding hydrogens is 444 g/mol. The van der Waals surface area contributed by atoms with Crippen molar-refractivity contribution < 1.29 is 18.8 Å². The quantitative estimate of drug-likeness (QED) is 0.498. The zero-order valence-electron chi connectivity index (χ0n) is 19.1. The number of carbonyl (C=O) groups is 2. The Kier molecular flexibility index (Phi) is 7.71. The fourth-order valence-corrected chi connectivity index (χ4v) is 2.89. The van der Waals surface area contributed by atoms with Crippen LogP contribution in [-0.2, 0) is 23.2 Å². The van der Waals surface area contributed by atoms with Crippen LogP contribution in [0.2, 0.25) is 5.02 Å². The first-order valence-corrected chi connectivity index (χ1v) is 10.9. The van der Waals surface area contributed by atoms with Crippen LogP contribution in [0.3, 0.4) is 0 Å². The summed E-state index contributed by atoms with van der Waals surface area (Å²) in [6, 6.07) is 12.4. The number of carbonyl (C=O) groups excluding carboxylic acids is 2. The predicted molar refractivity (Wildman–Crippen MR) is 124 cm³/mol. The van der Waals surface area contributed by atoms with E-state index in [0.717, 1.165) is 16.9 Å². The van der Waals surface area contributed by atoms with Gasteiger partial charge in [-0.05, 0) is 48.4 Å². The Morgan fingerprint density at radius 3 is 2.45 bits per heavy atom. The molecule has 0 radical (unpaired) electrons. The molecule has 0 saturated heterocycles. The average molecular weight is 471 g/mol. The minimum absolute atomic E-state index is 0.104. The third kappa shape index (κ3) is 7.05. The molecule has 1 aromatic heterocycles. The third-order valence-corrected chi connectivity index (χ3v) is 5.20. The van der Waals surface area contributed by atoms with Gasteiger partial charge in [0.25, 0.3) is 5.91 Å². The molecule has 3 aromatic rings. The van der Waals surface area contributed by atoms with Crippen LogP contribution in [0, 0.1) is 6.92 Å². The summed E-state index contributed by atoms with van der Waals surface area (Å²) in [5.74, 6) is 0.909. The van der Waals surface area contributed by atoms with Gasteiger partial charge in [0.2, 0.25) is 11.8 Å². The van der Waals surface area contributed by atoms with E-state index < -0.39 is 5.91 Å². The van der Waals surface area contributed by atoms with Gasteiger partial charge in [-0.15, -0.1) is 0 Å². The van der Waals surface area contributed by atoms with Crippen molar-refractivity contribution in [3.8, 4) is 5.75 Å². The van der Waals surface area contributed by atoms with Crippen molar-refractivity contribution in [3.63, 3.8) is 0 Å². The molecular formula is C24H27ClN4O4. The molecule has 0 saturated carbocycles. The molecule has 0 spiro atoms. The second kappa shape index (κ2) is 10.5. The number of nitrogens with one attached hydrogen (secondary N) is 2. The average Bonchev–Trinajstić information content (AvgIpc) is 3.27. The molecule has 9 heteroatoms. The Morgan fingerprint density at radius 2 is 1.82 bits per heavy atom. The zero-order valence-corrected chi connectivity index (χ0v) is 19.8. The highest BCUT2D eigenvalue weighted by atomic mass is 35.5. The fraction of sp³-hybridized carbons (Fsp3) is 0.333. The SMILES string of the molecule is Cc1cc(OCc2ccc(C(=O)NNC(=O)CCc3nc(C(C)(C)C)no3)cc2)ccc1Cl. The maximum Gasteiger partial charge on any atom is 0.269 e. The van der Waals surface area contributed by atoms with Crippen molar-refractivity contribution >= 4 is 23.4 Å². The van der Waals surface area contributed by atoms with Gasteiger partial charge in [0.15, 0.2) is 5.82 Å². The van der Waals surface area contributed by atoms with Crippen LogP contribution in [-0.4, -0.2) is 22.0 Å². The van der Waals surface area contributed by atoms with Gasteiger partial charge in [-0.2, -0.15) is 4.98 Å². The van der Waals surface area contributed by atoms with Crippen LogP contribution in [0.4, 0.5) is 0 Å². The molecule has 2 amide bonds. The monoisotopic (exact) mass is 470 g/mol. The van der Waals surface area contributed by atoms with E-state index in [9.17, 15) is 9.59 Å². The lowest BCUT2D eigenvalue weighted by Gasteiger charge is -2.10. The number of aromatic nitrogens is 2. The summed E-state index contributed by atoms with van der Waals surface area (Å²) in [4.78, 5) is 28.6. The van der Waals surface area contributed by atoms with E-state index in [1.54, 1.807) is 30.3 Å². The first-order valence-electron chi connectivity index (χ1n) is 10.5. The van der Waals surface area contributed by atoms with Gasteiger partial charge >= 0.3 is 0 Å². The molecule has 0 fully saturated rings. The molecule has 0 unspecified atom stereocenters. The maximum atomic E-state index is 12.3. The van der Waals surface area contributed by atoms with Crippen molar-refractivity contribution in [2.45, 2.75) is 52.6 Å². The van der Waals surface area contributed by atoms with E-state index in [0.29, 0.717) is 28.9 Å². The van der Waals surface area contributed by atoms with Gasteiger partial charge in [0.1, 0.15) is 12.4 Å². The summed E-state index contributed by atoms with van der Waals surface area (Å²) in [7, 11) is 0. The summed E-state index contributed by atoms with van der Waals surface area (Å²) in [5.41, 5.74) is 6.82. The second-order valence-corrected chi connectivity index (χ2v) is 9.07. The van der Waals surface area contributed by atoms with E-state index >= 15 is 0 Å². The van der Waals surface area contributed by atoms with Crippen molar-refractivity contribution in [2.75, 3.05) is 0 Å². The number of hydrogen-bond donors (Lipinski definition) is 2. The molecule has 0 aliphatic rings. The minimum atomic E-state index is -0.419. The van der Waals surface area contributed by atoms with Crippen LogP contribution in [0.15, 0.2) is 47.0 Å². The van der Waals surface area contributed by atoms with Gasteiger partial charge in [-0.25, -0.2) is 0 Å². The van der Waals surface area contributed by atoms with Crippen LogP contribution in [0.5, 0.6) is 5.75 Å². The smallest absolute Gasteiger partial charge is 0.269 e. The Bertz CT molecular complexity index is 1120. The number of ether oxygens (including phenoxy) is 1. The van der Waals surface area contributed by atoms with Crippen LogP contribution >= 0.6 is 11.6 Å². The van der Waals surface area contributed by atoms with Gasteiger partial charge in [0.05, 0.1) is 0 Å². The highest BCUT2D eigenvalue weighted by Crippen LogP contribution is 2.22. The number of rotatable bonds is 7. The van der Waals surface area contributed by atoms with Crippen molar-refractivity contribution in [3.05, 3.63) is 75.9 Å². The van der Waals surface area contributed by atoms with Gasteiger partial charge in [0, 0.05) is 28.8 Å². The Morgan fingerprint density at radius 1 is 1.09 bits per heavy atom. The molecule has 2 N–H and O–H groups in total. The number of hydrazine groups is 1. The second-order valence-electron chi connectivity index (χ2n) is 8.66. The van der Waals surface area contributed by atoms with E-state index in [2.05, 4.69) is 21.0 Å². The number of hydrogen-bond acceptors (Lipinski definition) is 6. The van der Waals surface area contributed by atoms with Crippen LogP contribution < -0.4 is 15.6 Å². The lowest BCUT2D eigenvalue weighted by atomic mass is 9.96. The first-order chi connectivity index (χ1) is 15.6. The maximum absolute atomic E-state index is 12.3. The lowest BCUT2D eigenvalue weighted by Crippen LogP contribution is -2.41.